The number of rotatable bonds is 8. The zero-order valence-electron chi connectivity index (χ0n) is 15.5. The van der Waals surface area contributed by atoms with Crippen LogP contribution in [0.25, 0.3) is 0 Å². The van der Waals surface area contributed by atoms with E-state index in [0.717, 1.165) is 6.42 Å². The van der Waals surface area contributed by atoms with Crippen molar-refractivity contribution in [1.29, 1.82) is 0 Å². The standard InChI is InChI=1S/C20H22N2O5/c1-4-5-18(24)22-16-8-6-14(7-9-16)19(25)13(3)27-20(26)17-10-15(11-21-17)12(2)23/h6-11,13,21H,4-5H2,1-3H3,(H,22,24)/t13-/m0/s1. The molecule has 0 bridgehead atoms. The van der Waals surface area contributed by atoms with E-state index >= 15 is 0 Å². The summed E-state index contributed by atoms with van der Waals surface area (Å²) in [6.45, 7) is 4.78. The number of anilines is 1. The third-order valence-corrected chi connectivity index (χ3v) is 3.89. The van der Waals surface area contributed by atoms with E-state index in [1.165, 1.54) is 26.1 Å². The van der Waals surface area contributed by atoms with Gasteiger partial charge in [-0.2, -0.15) is 0 Å². The highest BCUT2D eigenvalue weighted by Gasteiger charge is 2.21. The van der Waals surface area contributed by atoms with Gasteiger partial charge in [0, 0.05) is 29.4 Å². The first-order valence-electron chi connectivity index (χ1n) is 8.66. The van der Waals surface area contributed by atoms with Crippen molar-refractivity contribution in [3.05, 3.63) is 53.3 Å². The number of hydrogen-bond donors (Lipinski definition) is 2. The second-order valence-corrected chi connectivity index (χ2v) is 6.15. The predicted molar refractivity (Wildman–Crippen MR) is 100.0 cm³/mol. The molecular weight excluding hydrogens is 348 g/mol. The Morgan fingerprint density at radius 1 is 1.11 bits per heavy atom. The molecule has 0 aliphatic heterocycles. The molecule has 7 nitrogen and oxygen atoms in total. The number of carbonyl (C=O) groups is 4. The zero-order valence-corrected chi connectivity index (χ0v) is 15.5. The summed E-state index contributed by atoms with van der Waals surface area (Å²) in [5, 5.41) is 2.74. The van der Waals surface area contributed by atoms with Gasteiger partial charge >= 0.3 is 5.97 Å². The Labute approximate surface area is 157 Å². The summed E-state index contributed by atoms with van der Waals surface area (Å²) in [6.07, 6.45) is 1.59. The van der Waals surface area contributed by atoms with E-state index in [1.54, 1.807) is 24.3 Å². The van der Waals surface area contributed by atoms with Crippen molar-refractivity contribution in [1.82, 2.24) is 4.98 Å². The Kier molecular flexibility index (Phi) is 6.65. The predicted octanol–water partition coefficient (Wildman–Crippen LogP) is 3.38. The summed E-state index contributed by atoms with van der Waals surface area (Å²) in [5.74, 6) is -1.35. The largest absolute Gasteiger partial charge is 0.450 e. The smallest absolute Gasteiger partial charge is 0.355 e. The average Bonchev–Trinajstić information content (AvgIpc) is 3.12. The number of hydrogen-bond acceptors (Lipinski definition) is 5. The third kappa shape index (κ3) is 5.37. The summed E-state index contributed by atoms with van der Waals surface area (Å²) in [6, 6.07) is 7.77. The lowest BCUT2D eigenvalue weighted by Crippen LogP contribution is -2.24. The first kappa shape index (κ1) is 20.1. The molecule has 0 spiro atoms. The van der Waals surface area contributed by atoms with Gasteiger partial charge in [0.2, 0.25) is 11.7 Å². The van der Waals surface area contributed by atoms with Gasteiger partial charge in [-0.05, 0) is 50.6 Å². The van der Waals surface area contributed by atoms with Gasteiger partial charge in [-0.1, -0.05) is 6.92 Å². The molecule has 1 amide bonds. The van der Waals surface area contributed by atoms with Crippen LogP contribution in [-0.2, 0) is 9.53 Å². The zero-order chi connectivity index (χ0) is 20.0. The Bertz CT molecular complexity index is 852. The molecule has 0 fully saturated rings. The second kappa shape index (κ2) is 8.93. The molecule has 7 heteroatoms. The summed E-state index contributed by atoms with van der Waals surface area (Å²) in [5.41, 5.74) is 1.42. The molecule has 1 heterocycles. The summed E-state index contributed by atoms with van der Waals surface area (Å²) >= 11 is 0. The van der Waals surface area contributed by atoms with Crippen molar-refractivity contribution in [2.24, 2.45) is 0 Å². The molecule has 2 N–H and O–H groups in total. The minimum Gasteiger partial charge on any atom is -0.450 e. The quantitative estimate of drug-likeness (QED) is 0.547. The van der Waals surface area contributed by atoms with E-state index in [4.69, 9.17) is 4.74 Å². The summed E-state index contributed by atoms with van der Waals surface area (Å²) in [4.78, 5) is 50.0. The molecule has 0 aliphatic rings. The molecule has 142 valence electrons. The number of ketones is 2. The van der Waals surface area contributed by atoms with Gasteiger partial charge in [-0.15, -0.1) is 0 Å². The first-order chi connectivity index (χ1) is 12.8. The van der Waals surface area contributed by atoms with Crippen LogP contribution in [0.1, 0.15) is 64.8 Å². The minimum absolute atomic E-state index is 0.0882. The highest BCUT2D eigenvalue weighted by molar-refractivity contribution is 6.02. The number of carbonyl (C=O) groups excluding carboxylic acids is 4. The number of benzene rings is 1. The average molecular weight is 370 g/mol. The Balaban J connectivity index is 1.98. The number of aromatic nitrogens is 1. The lowest BCUT2D eigenvalue weighted by molar-refractivity contribution is -0.116. The van der Waals surface area contributed by atoms with E-state index < -0.39 is 12.1 Å². The maximum absolute atomic E-state index is 12.4. The molecule has 2 rings (SSSR count). The number of esters is 1. The van der Waals surface area contributed by atoms with Gasteiger partial charge in [0.25, 0.3) is 0 Å². The lowest BCUT2D eigenvalue weighted by atomic mass is 10.1. The fourth-order valence-corrected chi connectivity index (χ4v) is 2.40. The van der Waals surface area contributed by atoms with E-state index in [-0.39, 0.29) is 23.2 Å². The number of Topliss-reactive ketones (excluding diaryl/α,β-unsaturated/α-hetero) is 2. The van der Waals surface area contributed by atoms with Gasteiger partial charge in [-0.25, -0.2) is 4.79 Å². The van der Waals surface area contributed by atoms with Crippen LogP contribution in [0.4, 0.5) is 5.69 Å². The fourth-order valence-electron chi connectivity index (χ4n) is 2.40. The number of H-pyrrole nitrogens is 1. The van der Waals surface area contributed by atoms with Gasteiger partial charge < -0.3 is 15.0 Å². The first-order valence-corrected chi connectivity index (χ1v) is 8.66. The molecule has 0 unspecified atom stereocenters. The van der Waals surface area contributed by atoms with Gasteiger partial charge in [0.15, 0.2) is 11.9 Å². The van der Waals surface area contributed by atoms with Crippen LogP contribution >= 0.6 is 0 Å². The Morgan fingerprint density at radius 2 is 1.78 bits per heavy atom. The number of ether oxygens (including phenoxy) is 1. The molecule has 0 radical (unpaired) electrons. The van der Waals surface area contributed by atoms with Gasteiger partial charge in [0.1, 0.15) is 5.69 Å². The van der Waals surface area contributed by atoms with E-state index in [9.17, 15) is 19.2 Å². The molecule has 1 atom stereocenters. The maximum atomic E-state index is 12.4. The van der Waals surface area contributed by atoms with Crippen molar-refractivity contribution in [3.8, 4) is 0 Å². The van der Waals surface area contributed by atoms with E-state index in [2.05, 4.69) is 10.3 Å². The monoisotopic (exact) mass is 370 g/mol. The van der Waals surface area contributed by atoms with Crippen molar-refractivity contribution < 1.29 is 23.9 Å². The third-order valence-electron chi connectivity index (χ3n) is 3.89. The fraction of sp³-hybridized carbons (Fsp3) is 0.300. The van der Waals surface area contributed by atoms with Crippen LogP contribution in [0.3, 0.4) is 0 Å². The molecule has 0 saturated carbocycles. The molecule has 1 aromatic heterocycles. The van der Waals surface area contributed by atoms with Crippen LogP contribution in [0.5, 0.6) is 0 Å². The van der Waals surface area contributed by atoms with Crippen molar-refractivity contribution in [2.75, 3.05) is 5.32 Å². The maximum Gasteiger partial charge on any atom is 0.355 e. The molecule has 2 aromatic rings. The van der Waals surface area contributed by atoms with E-state index in [0.29, 0.717) is 23.2 Å². The molecular formula is C20H22N2O5. The molecule has 0 aliphatic carbocycles. The van der Waals surface area contributed by atoms with Crippen molar-refractivity contribution in [2.45, 2.75) is 39.7 Å². The highest BCUT2D eigenvalue weighted by Crippen LogP contribution is 2.14. The van der Waals surface area contributed by atoms with Gasteiger partial charge in [-0.3, -0.25) is 14.4 Å². The SMILES string of the molecule is CCCC(=O)Nc1ccc(C(=O)[C@H](C)OC(=O)c2cc(C(C)=O)c[nH]2)cc1. The van der Waals surface area contributed by atoms with Gasteiger partial charge in [0.05, 0.1) is 0 Å². The molecule has 0 saturated heterocycles. The summed E-state index contributed by atoms with van der Waals surface area (Å²) < 4.78 is 5.17. The number of nitrogens with one attached hydrogen (secondary N) is 2. The molecule has 1 aromatic carbocycles. The lowest BCUT2D eigenvalue weighted by Gasteiger charge is -2.12. The second-order valence-electron chi connectivity index (χ2n) is 6.15. The van der Waals surface area contributed by atoms with Crippen LogP contribution in [-0.4, -0.2) is 34.5 Å². The van der Waals surface area contributed by atoms with E-state index in [1.807, 2.05) is 6.92 Å². The Hall–Kier alpha value is -3.22. The van der Waals surface area contributed by atoms with Crippen LogP contribution in [0, 0.1) is 0 Å². The van der Waals surface area contributed by atoms with Crippen molar-refractivity contribution in [3.63, 3.8) is 0 Å². The minimum atomic E-state index is -0.998. The normalized spacial score (nSPS) is 11.5. The Morgan fingerprint density at radius 3 is 2.33 bits per heavy atom. The number of amides is 1. The van der Waals surface area contributed by atoms with Crippen molar-refractivity contribution >= 4 is 29.1 Å². The highest BCUT2D eigenvalue weighted by atomic mass is 16.5. The van der Waals surface area contributed by atoms with Crippen LogP contribution in [0.15, 0.2) is 36.5 Å². The molecule has 27 heavy (non-hydrogen) atoms. The summed E-state index contributed by atoms with van der Waals surface area (Å²) in [7, 11) is 0. The van der Waals surface area contributed by atoms with Crippen LogP contribution < -0.4 is 5.32 Å². The number of aromatic amines is 1. The van der Waals surface area contributed by atoms with Crippen LogP contribution in [0.2, 0.25) is 0 Å². The topological polar surface area (TPSA) is 105 Å².